The maximum atomic E-state index is 5.93. The molecule has 0 bridgehead atoms. The standard InChI is InChI=1S/C14H15ClN2O3/c1-4-9-5-6-10(11(7-9)18-2)20-14-12(19-3)13(15)16-8-17-14/h5-8H,4H2,1-3H3. The first kappa shape index (κ1) is 14.4. The van der Waals surface area contributed by atoms with Gasteiger partial charge in [-0.05, 0) is 24.1 Å². The summed E-state index contributed by atoms with van der Waals surface area (Å²) in [5, 5.41) is 0.196. The largest absolute Gasteiger partial charge is 0.493 e. The van der Waals surface area contributed by atoms with Gasteiger partial charge < -0.3 is 14.2 Å². The Bertz CT molecular complexity index is 605. The van der Waals surface area contributed by atoms with E-state index >= 15 is 0 Å². The molecule has 0 atom stereocenters. The first-order valence-electron chi connectivity index (χ1n) is 6.08. The molecule has 0 amide bonds. The minimum Gasteiger partial charge on any atom is -0.493 e. The fourth-order valence-electron chi connectivity index (χ4n) is 1.70. The molecule has 0 aliphatic carbocycles. The van der Waals surface area contributed by atoms with Crippen molar-refractivity contribution in [1.82, 2.24) is 9.97 Å². The van der Waals surface area contributed by atoms with Crippen LogP contribution in [0.15, 0.2) is 24.5 Å². The Hall–Kier alpha value is -2.01. The lowest BCUT2D eigenvalue weighted by Crippen LogP contribution is -1.97. The number of halogens is 1. The molecule has 1 heterocycles. The normalized spacial score (nSPS) is 10.2. The summed E-state index contributed by atoms with van der Waals surface area (Å²) in [6.45, 7) is 2.07. The Morgan fingerprint density at radius 3 is 2.55 bits per heavy atom. The predicted molar refractivity (Wildman–Crippen MR) is 76.0 cm³/mol. The number of benzene rings is 1. The van der Waals surface area contributed by atoms with Crippen molar-refractivity contribution in [3.8, 4) is 23.1 Å². The van der Waals surface area contributed by atoms with Gasteiger partial charge in [0.2, 0.25) is 5.75 Å². The van der Waals surface area contributed by atoms with Gasteiger partial charge in [-0.15, -0.1) is 0 Å². The van der Waals surface area contributed by atoms with Gasteiger partial charge in [-0.25, -0.2) is 4.98 Å². The van der Waals surface area contributed by atoms with Crippen LogP contribution in [0.1, 0.15) is 12.5 Å². The van der Waals surface area contributed by atoms with Crippen LogP contribution >= 0.6 is 11.6 Å². The molecule has 0 radical (unpaired) electrons. The molecule has 0 N–H and O–H groups in total. The van der Waals surface area contributed by atoms with Crippen molar-refractivity contribution in [1.29, 1.82) is 0 Å². The van der Waals surface area contributed by atoms with Crippen LogP contribution < -0.4 is 14.2 Å². The van der Waals surface area contributed by atoms with Gasteiger partial charge in [-0.3, -0.25) is 0 Å². The van der Waals surface area contributed by atoms with Gasteiger partial charge in [-0.2, -0.15) is 4.98 Å². The van der Waals surface area contributed by atoms with E-state index in [0.717, 1.165) is 12.0 Å². The number of hydrogen-bond acceptors (Lipinski definition) is 5. The Kier molecular flexibility index (Phi) is 4.63. The maximum Gasteiger partial charge on any atom is 0.267 e. The van der Waals surface area contributed by atoms with E-state index in [1.165, 1.54) is 13.4 Å². The molecule has 5 nitrogen and oxygen atoms in total. The molecule has 2 aromatic rings. The van der Waals surface area contributed by atoms with Crippen LogP contribution in [0.5, 0.6) is 23.1 Å². The lowest BCUT2D eigenvalue weighted by atomic mass is 10.1. The lowest BCUT2D eigenvalue weighted by molar-refractivity contribution is 0.347. The van der Waals surface area contributed by atoms with E-state index in [-0.39, 0.29) is 16.8 Å². The van der Waals surface area contributed by atoms with Crippen LogP contribution in [0.2, 0.25) is 5.15 Å². The molecule has 0 fully saturated rings. The quantitative estimate of drug-likeness (QED) is 0.790. The van der Waals surface area contributed by atoms with Crippen molar-refractivity contribution < 1.29 is 14.2 Å². The molecule has 6 heteroatoms. The zero-order valence-electron chi connectivity index (χ0n) is 11.5. The molecule has 0 spiro atoms. The molecular weight excluding hydrogens is 280 g/mol. The highest BCUT2D eigenvalue weighted by Crippen LogP contribution is 2.37. The van der Waals surface area contributed by atoms with Crippen LogP contribution in [-0.2, 0) is 6.42 Å². The van der Waals surface area contributed by atoms with Crippen LogP contribution in [0.25, 0.3) is 0 Å². The fourth-order valence-corrected chi connectivity index (χ4v) is 1.90. The smallest absolute Gasteiger partial charge is 0.267 e. The molecule has 1 aromatic carbocycles. The SMILES string of the molecule is CCc1ccc(Oc2ncnc(Cl)c2OC)c(OC)c1. The van der Waals surface area contributed by atoms with Gasteiger partial charge >= 0.3 is 0 Å². The average molecular weight is 295 g/mol. The molecular formula is C14H15ClN2O3. The minimum atomic E-state index is 0.196. The van der Waals surface area contributed by atoms with E-state index in [9.17, 15) is 0 Å². The summed E-state index contributed by atoms with van der Waals surface area (Å²) in [5.41, 5.74) is 1.15. The highest BCUT2D eigenvalue weighted by molar-refractivity contribution is 6.31. The molecule has 1 aromatic heterocycles. The second-order valence-corrected chi connectivity index (χ2v) is 4.30. The number of rotatable bonds is 5. The van der Waals surface area contributed by atoms with Crippen LogP contribution in [0.4, 0.5) is 0 Å². The van der Waals surface area contributed by atoms with Gasteiger partial charge in [0.15, 0.2) is 16.7 Å². The third-order valence-electron chi connectivity index (χ3n) is 2.77. The third kappa shape index (κ3) is 2.93. The van der Waals surface area contributed by atoms with Crippen molar-refractivity contribution in [2.24, 2.45) is 0 Å². The summed E-state index contributed by atoms with van der Waals surface area (Å²) in [5.74, 6) is 1.70. The summed E-state index contributed by atoms with van der Waals surface area (Å²) < 4.78 is 16.2. The molecule has 0 aliphatic heterocycles. The third-order valence-corrected chi connectivity index (χ3v) is 3.04. The van der Waals surface area contributed by atoms with Gasteiger partial charge in [-0.1, -0.05) is 24.6 Å². The van der Waals surface area contributed by atoms with Gasteiger partial charge in [0.05, 0.1) is 14.2 Å². The predicted octanol–water partition coefficient (Wildman–Crippen LogP) is 3.50. The highest BCUT2D eigenvalue weighted by atomic mass is 35.5. The zero-order valence-corrected chi connectivity index (χ0v) is 12.3. The summed E-state index contributed by atoms with van der Waals surface area (Å²) in [4.78, 5) is 7.87. The summed E-state index contributed by atoms with van der Waals surface area (Å²) in [7, 11) is 3.07. The number of aromatic nitrogens is 2. The summed E-state index contributed by atoms with van der Waals surface area (Å²) >= 11 is 5.93. The molecule has 2 rings (SSSR count). The highest BCUT2D eigenvalue weighted by Gasteiger charge is 2.15. The van der Waals surface area contributed by atoms with Gasteiger partial charge in [0, 0.05) is 0 Å². The molecule has 0 aliphatic rings. The van der Waals surface area contributed by atoms with Crippen LogP contribution in [0.3, 0.4) is 0 Å². The molecule has 20 heavy (non-hydrogen) atoms. The monoisotopic (exact) mass is 294 g/mol. The summed E-state index contributed by atoms with van der Waals surface area (Å²) in [6.07, 6.45) is 2.23. The van der Waals surface area contributed by atoms with E-state index in [1.54, 1.807) is 7.11 Å². The molecule has 0 saturated carbocycles. The van der Waals surface area contributed by atoms with Crippen molar-refractivity contribution in [2.75, 3.05) is 14.2 Å². The number of methoxy groups -OCH3 is 2. The number of aryl methyl sites for hydroxylation is 1. The molecule has 0 saturated heterocycles. The Balaban J connectivity index is 2.37. The maximum absolute atomic E-state index is 5.93. The first-order chi connectivity index (χ1) is 9.69. The van der Waals surface area contributed by atoms with Crippen molar-refractivity contribution in [2.45, 2.75) is 13.3 Å². The van der Waals surface area contributed by atoms with Gasteiger partial charge in [0.25, 0.3) is 5.88 Å². The van der Waals surface area contributed by atoms with Crippen molar-refractivity contribution >= 4 is 11.6 Å². The molecule has 0 unspecified atom stereocenters. The van der Waals surface area contributed by atoms with E-state index in [1.807, 2.05) is 18.2 Å². The van der Waals surface area contributed by atoms with Crippen molar-refractivity contribution in [3.63, 3.8) is 0 Å². The van der Waals surface area contributed by atoms with E-state index in [2.05, 4.69) is 16.9 Å². The Labute approximate surface area is 122 Å². The van der Waals surface area contributed by atoms with E-state index in [4.69, 9.17) is 25.8 Å². The number of nitrogens with zero attached hydrogens (tertiary/aromatic N) is 2. The molecule has 106 valence electrons. The first-order valence-corrected chi connectivity index (χ1v) is 6.46. The Morgan fingerprint density at radius 1 is 1.10 bits per heavy atom. The fraction of sp³-hybridized carbons (Fsp3) is 0.286. The van der Waals surface area contributed by atoms with Crippen molar-refractivity contribution in [3.05, 3.63) is 35.2 Å². The summed E-state index contributed by atoms with van der Waals surface area (Å²) in [6, 6.07) is 5.71. The number of ether oxygens (including phenoxy) is 3. The topological polar surface area (TPSA) is 53.5 Å². The minimum absolute atomic E-state index is 0.196. The van der Waals surface area contributed by atoms with E-state index in [0.29, 0.717) is 11.5 Å². The second-order valence-electron chi connectivity index (χ2n) is 3.94. The average Bonchev–Trinajstić information content (AvgIpc) is 2.48. The van der Waals surface area contributed by atoms with E-state index < -0.39 is 0 Å². The van der Waals surface area contributed by atoms with Crippen LogP contribution in [0, 0.1) is 0 Å². The second kappa shape index (κ2) is 6.43. The zero-order chi connectivity index (χ0) is 14.5. The number of hydrogen-bond donors (Lipinski definition) is 0. The van der Waals surface area contributed by atoms with Crippen LogP contribution in [-0.4, -0.2) is 24.2 Å². The Morgan fingerprint density at radius 2 is 1.90 bits per heavy atom. The lowest BCUT2D eigenvalue weighted by Gasteiger charge is -2.13. The van der Waals surface area contributed by atoms with Gasteiger partial charge in [0.1, 0.15) is 6.33 Å².